The number of carboxylic acid groups (broad SMARTS) is 1. The van der Waals surface area contributed by atoms with E-state index in [1.54, 1.807) is 0 Å². The molecule has 1 aromatic carbocycles. The van der Waals surface area contributed by atoms with Gasteiger partial charge >= 0.3 is 5.97 Å². The average molecular weight is 347 g/mol. The number of anilines is 1. The average Bonchev–Trinajstić information content (AvgIpc) is 3.15. The van der Waals surface area contributed by atoms with Crippen LogP contribution in [0.25, 0.3) is 0 Å². The maximum Gasteiger partial charge on any atom is 0.305 e. The van der Waals surface area contributed by atoms with E-state index in [-0.39, 0.29) is 28.5 Å². The van der Waals surface area contributed by atoms with Crippen LogP contribution in [0.1, 0.15) is 19.3 Å². The third-order valence-electron chi connectivity index (χ3n) is 3.16. The van der Waals surface area contributed by atoms with Gasteiger partial charge in [0.05, 0.1) is 21.9 Å². The van der Waals surface area contributed by atoms with Crippen LogP contribution in [0.15, 0.2) is 16.6 Å². The highest BCUT2D eigenvalue weighted by Crippen LogP contribution is 2.38. The Morgan fingerprint density at radius 1 is 1.60 bits per heavy atom. The first-order valence-corrected chi connectivity index (χ1v) is 6.79. The van der Waals surface area contributed by atoms with E-state index in [1.807, 2.05) is 0 Å². The van der Waals surface area contributed by atoms with Gasteiger partial charge in [-0.15, -0.1) is 0 Å². The third-order valence-corrected chi connectivity index (χ3v) is 3.77. The van der Waals surface area contributed by atoms with Crippen LogP contribution >= 0.6 is 15.9 Å². The molecule has 0 spiro atoms. The lowest BCUT2D eigenvalue weighted by Crippen LogP contribution is -2.25. The number of hydrogen-bond donors (Lipinski definition) is 2. The molecular formula is C12H12BrFN2O4. The van der Waals surface area contributed by atoms with Gasteiger partial charge in [0, 0.05) is 6.04 Å². The van der Waals surface area contributed by atoms with Crippen LogP contribution in [0.2, 0.25) is 0 Å². The Labute approximate surface area is 122 Å². The third kappa shape index (κ3) is 3.44. The summed E-state index contributed by atoms with van der Waals surface area (Å²) in [5, 5.41) is 22.7. The van der Waals surface area contributed by atoms with Crippen LogP contribution in [-0.4, -0.2) is 22.0 Å². The van der Waals surface area contributed by atoms with Crippen molar-refractivity contribution in [2.45, 2.75) is 25.3 Å². The number of carboxylic acids is 1. The zero-order chi connectivity index (χ0) is 14.9. The standard InChI is InChI=1S/C12H12BrFN2O4/c13-7-3-10(11(16(19)20)4-8(7)14)15-9(5-12(17)18)6-1-2-6/h3-4,6,9,15H,1-2,5H2,(H,17,18). The number of carbonyl (C=O) groups is 1. The van der Waals surface area contributed by atoms with Gasteiger partial charge in [0.1, 0.15) is 11.5 Å². The summed E-state index contributed by atoms with van der Waals surface area (Å²) in [4.78, 5) is 21.1. The highest BCUT2D eigenvalue weighted by molar-refractivity contribution is 9.10. The number of nitrogens with one attached hydrogen (secondary N) is 1. The van der Waals surface area contributed by atoms with Crippen molar-refractivity contribution in [3.63, 3.8) is 0 Å². The van der Waals surface area contributed by atoms with Gasteiger partial charge in [-0.05, 0) is 40.8 Å². The minimum Gasteiger partial charge on any atom is -0.481 e. The molecule has 0 aliphatic heterocycles. The lowest BCUT2D eigenvalue weighted by atomic mass is 10.1. The Kier molecular flexibility index (Phi) is 4.22. The van der Waals surface area contributed by atoms with Crippen LogP contribution in [0.3, 0.4) is 0 Å². The molecule has 0 saturated heterocycles. The number of rotatable bonds is 6. The summed E-state index contributed by atoms with van der Waals surface area (Å²) in [7, 11) is 0. The Morgan fingerprint density at radius 2 is 2.25 bits per heavy atom. The van der Waals surface area contributed by atoms with E-state index in [0.717, 1.165) is 18.9 Å². The molecule has 1 aliphatic carbocycles. The molecular weight excluding hydrogens is 335 g/mol. The van der Waals surface area contributed by atoms with Crippen LogP contribution in [-0.2, 0) is 4.79 Å². The smallest absolute Gasteiger partial charge is 0.305 e. The van der Waals surface area contributed by atoms with Crippen molar-refractivity contribution in [1.29, 1.82) is 0 Å². The molecule has 0 aromatic heterocycles. The van der Waals surface area contributed by atoms with Crippen molar-refractivity contribution < 1.29 is 19.2 Å². The normalized spacial score (nSPS) is 15.7. The SMILES string of the molecule is O=C(O)CC(Nc1cc(Br)c(F)cc1[N+](=O)[O-])C1CC1. The second-order valence-electron chi connectivity index (χ2n) is 4.73. The van der Waals surface area contributed by atoms with Crippen LogP contribution in [0.5, 0.6) is 0 Å². The minimum absolute atomic E-state index is 0.0930. The number of benzene rings is 1. The molecule has 1 aromatic rings. The van der Waals surface area contributed by atoms with Gasteiger partial charge in [0.25, 0.3) is 5.69 Å². The van der Waals surface area contributed by atoms with Gasteiger partial charge < -0.3 is 10.4 Å². The molecule has 20 heavy (non-hydrogen) atoms. The first-order chi connectivity index (χ1) is 9.38. The van der Waals surface area contributed by atoms with Crippen molar-refractivity contribution in [2.24, 2.45) is 5.92 Å². The zero-order valence-electron chi connectivity index (χ0n) is 10.3. The molecule has 1 saturated carbocycles. The van der Waals surface area contributed by atoms with Crippen molar-refractivity contribution >= 4 is 33.3 Å². The molecule has 2 N–H and O–H groups in total. The van der Waals surface area contributed by atoms with E-state index >= 15 is 0 Å². The summed E-state index contributed by atoms with van der Waals surface area (Å²) in [5.41, 5.74) is -0.275. The van der Waals surface area contributed by atoms with Crippen LogP contribution < -0.4 is 5.32 Å². The van der Waals surface area contributed by atoms with Crippen molar-refractivity contribution in [2.75, 3.05) is 5.32 Å². The van der Waals surface area contributed by atoms with Crippen LogP contribution in [0.4, 0.5) is 15.8 Å². The van der Waals surface area contributed by atoms with Crippen molar-refractivity contribution in [1.82, 2.24) is 0 Å². The maximum absolute atomic E-state index is 13.4. The van der Waals surface area contributed by atoms with E-state index in [2.05, 4.69) is 21.2 Å². The second-order valence-corrected chi connectivity index (χ2v) is 5.58. The topological polar surface area (TPSA) is 92.5 Å². The van der Waals surface area contributed by atoms with Crippen molar-refractivity contribution in [3.05, 3.63) is 32.5 Å². The number of nitro groups is 1. The van der Waals surface area contributed by atoms with Crippen LogP contribution in [0, 0.1) is 21.8 Å². The van der Waals surface area contributed by atoms with E-state index in [9.17, 15) is 19.3 Å². The fourth-order valence-corrected chi connectivity index (χ4v) is 2.37. The minimum atomic E-state index is -0.974. The first kappa shape index (κ1) is 14.7. The first-order valence-electron chi connectivity index (χ1n) is 6.00. The molecule has 0 heterocycles. The van der Waals surface area contributed by atoms with Gasteiger partial charge in [0.15, 0.2) is 0 Å². The summed E-state index contributed by atoms with van der Waals surface area (Å²) >= 11 is 2.97. The number of halogens is 2. The lowest BCUT2D eigenvalue weighted by molar-refractivity contribution is -0.384. The molecule has 108 valence electrons. The molecule has 0 bridgehead atoms. The van der Waals surface area contributed by atoms with E-state index in [1.165, 1.54) is 6.07 Å². The molecule has 0 amide bonds. The molecule has 1 atom stereocenters. The van der Waals surface area contributed by atoms with Gasteiger partial charge in [-0.2, -0.15) is 0 Å². The fraction of sp³-hybridized carbons (Fsp3) is 0.417. The monoisotopic (exact) mass is 346 g/mol. The summed E-state index contributed by atoms with van der Waals surface area (Å²) in [6.07, 6.45) is 1.65. The van der Waals surface area contributed by atoms with E-state index in [4.69, 9.17) is 5.11 Å². The number of aliphatic carboxylic acids is 1. The fourth-order valence-electron chi connectivity index (χ4n) is 2.03. The number of hydrogen-bond acceptors (Lipinski definition) is 4. The molecule has 6 nitrogen and oxygen atoms in total. The molecule has 1 fully saturated rings. The quantitative estimate of drug-likeness (QED) is 0.609. The Hall–Kier alpha value is -1.70. The predicted octanol–water partition coefficient (Wildman–Crippen LogP) is 3.16. The number of nitro benzene ring substituents is 1. The highest BCUT2D eigenvalue weighted by atomic mass is 79.9. The van der Waals surface area contributed by atoms with Gasteiger partial charge in [-0.25, -0.2) is 4.39 Å². The summed E-state index contributed by atoms with van der Waals surface area (Å²) < 4.78 is 13.5. The second kappa shape index (κ2) is 5.74. The molecule has 2 rings (SSSR count). The highest BCUT2D eigenvalue weighted by Gasteiger charge is 2.34. The van der Waals surface area contributed by atoms with Gasteiger partial charge in [-0.3, -0.25) is 14.9 Å². The van der Waals surface area contributed by atoms with Gasteiger partial charge in [0.2, 0.25) is 0 Å². The Balaban J connectivity index is 2.28. The predicted molar refractivity (Wildman–Crippen MR) is 73.1 cm³/mol. The molecule has 8 heteroatoms. The van der Waals surface area contributed by atoms with E-state index < -0.39 is 22.4 Å². The largest absolute Gasteiger partial charge is 0.481 e. The summed E-state index contributed by atoms with van der Waals surface area (Å²) in [5.74, 6) is -1.52. The zero-order valence-corrected chi connectivity index (χ0v) is 11.9. The summed E-state index contributed by atoms with van der Waals surface area (Å²) in [6, 6.07) is 1.70. The molecule has 1 unspecified atom stereocenters. The lowest BCUT2D eigenvalue weighted by Gasteiger charge is -2.17. The Bertz CT molecular complexity index is 563. The van der Waals surface area contributed by atoms with Gasteiger partial charge in [-0.1, -0.05) is 0 Å². The maximum atomic E-state index is 13.4. The number of nitrogens with zero attached hydrogens (tertiary/aromatic N) is 1. The molecule has 1 aliphatic rings. The summed E-state index contributed by atoms with van der Waals surface area (Å²) in [6.45, 7) is 0. The van der Waals surface area contributed by atoms with Crippen molar-refractivity contribution in [3.8, 4) is 0 Å². The molecule has 0 radical (unpaired) electrons. The van der Waals surface area contributed by atoms with E-state index in [0.29, 0.717) is 0 Å². The Morgan fingerprint density at radius 3 is 2.75 bits per heavy atom.